The van der Waals surface area contributed by atoms with Crippen LogP contribution in [0.1, 0.15) is 46.4 Å². The first-order valence-electron chi connectivity index (χ1n) is 6.59. The molecule has 0 saturated heterocycles. The summed E-state index contributed by atoms with van der Waals surface area (Å²) >= 11 is 0. The van der Waals surface area contributed by atoms with E-state index in [4.69, 9.17) is 5.11 Å². The molecule has 5 nitrogen and oxygen atoms in total. The molecule has 1 aromatic rings. The molecule has 0 aliphatic heterocycles. The molecular formula is C14H15F2NO4. The number of nitrogens with one attached hydrogen (secondary N) is 1. The molecule has 2 rings (SSSR count). The number of hydrogen-bond acceptors (Lipinski definition) is 3. The zero-order valence-corrected chi connectivity index (χ0v) is 11.1. The molecule has 1 fully saturated rings. The monoisotopic (exact) mass is 299 g/mol. The Kier molecular flexibility index (Phi) is 4.52. The maximum atomic E-state index is 13.2. The normalized spacial score (nSPS) is 21.9. The molecule has 114 valence electrons. The van der Waals surface area contributed by atoms with Gasteiger partial charge in [0.2, 0.25) is 0 Å². The third kappa shape index (κ3) is 3.55. The van der Waals surface area contributed by atoms with Gasteiger partial charge in [-0.3, -0.25) is 4.79 Å². The van der Waals surface area contributed by atoms with Gasteiger partial charge in [0.1, 0.15) is 0 Å². The van der Waals surface area contributed by atoms with E-state index in [1.54, 1.807) is 0 Å². The van der Waals surface area contributed by atoms with E-state index in [0.717, 1.165) is 0 Å². The summed E-state index contributed by atoms with van der Waals surface area (Å²) in [5.41, 5.74) is -0.991. The highest BCUT2D eigenvalue weighted by atomic mass is 19.2. The Morgan fingerprint density at radius 1 is 1.05 bits per heavy atom. The van der Waals surface area contributed by atoms with E-state index >= 15 is 0 Å². The minimum Gasteiger partial charge on any atom is -0.478 e. The summed E-state index contributed by atoms with van der Waals surface area (Å²) in [4.78, 5) is 23.1. The summed E-state index contributed by atoms with van der Waals surface area (Å²) in [6.07, 6.45) is 1.79. The Hall–Kier alpha value is -2.02. The second-order valence-corrected chi connectivity index (χ2v) is 5.10. The Labute approximate surface area is 119 Å². The number of rotatable bonds is 3. The first kappa shape index (κ1) is 15.4. The van der Waals surface area contributed by atoms with Crippen LogP contribution >= 0.6 is 0 Å². The molecular weight excluding hydrogens is 284 g/mol. The molecule has 1 saturated carbocycles. The molecule has 0 bridgehead atoms. The number of halogens is 2. The highest BCUT2D eigenvalue weighted by molar-refractivity contribution is 6.04. The van der Waals surface area contributed by atoms with Gasteiger partial charge < -0.3 is 15.5 Å². The van der Waals surface area contributed by atoms with Gasteiger partial charge in [0, 0.05) is 6.04 Å². The predicted octanol–water partition coefficient (Wildman–Crippen LogP) is 1.70. The van der Waals surface area contributed by atoms with Crippen LogP contribution in [0.15, 0.2) is 12.1 Å². The number of hydrogen-bond donors (Lipinski definition) is 3. The minimum atomic E-state index is -1.50. The lowest BCUT2D eigenvalue weighted by Crippen LogP contribution is -2.39. The van der Waals surface area contributed by atoms with Gasteiger partial charge in [0.15, 0.2) is 11.6 Å². The van der Waals surface area contributed by atoms with Crippen molar-refractivity contribution in [2.75, 3.05) is 0 Å². The van der Waals surface area contributed by atoms with Crippen molar-refractivity contribution in [3.63, 3.8) is 0 Å². The van der Waals surface area contributed by atoms with Crippen molar-refractivity contribution < 1.29 is 28.6 Å². The second-order valence-electron chi connectivity index (χ2n) is 5.10. The summed E-state index contributed by atoms with van der Waals surface area (Å²) in [5, 5.41) is 20.9. The minimum absolute atomic E-state index is 0.212. The van der Waals surface area contributed by atoms with Gasteiger partial charge in [0.05, 0.1) is 17.2 Å². The maximum Gasteiger partial charge on any atom is 0.336 e. The molecule has 0 unspecified atom stereocenters. The molecule has 0 radical (unpaired) electrons. The third-order valence-corrected chi connectivity index (χ3v) is 3.57. The Morgan fingerprint density at radius 3 is 2.10 bits per heavy atom. The number of carboxylic acids is 1. The Bertz CT molecular complexity index is 568. The lowest BCUT2D eigenvalue weighted by Gasteiger charge is -2.26. The van der Waals surface area contributed by atoms with Crippen molar-refractivity contribution in [2.45, 2.75) is 37.8 Å². The van der Waals surface area contributed by atoms with Crippen LogP contribution in [-0.4, -0.2) is 34.2 Å². The fourth-order valence-corrected chi connectivity index (χ4v) is 2.39. The smallest absolute Gasteiger partial charge is 0.336 e. The van der Waals surface area contributed by atoms with E-state index in [9.17, 15) is 23.5 Å². The standard InChI is InChI=1S/C14H15F2NO4/c15-11-5-9(10(14(20)21)6-12(11)16)13(19)17-7-1-3-8(18)4-2-7/h5-8,18H,1-4H2,(H,17,19)(H,20,21). The van der Waals surface area contributed by atoms with Crippen LogP contribution in [0.5, 0.6) is 0 Å². The summed E-state index contributed by atoms with van der Waals surface area (Å²) < 4.78 is 26.3. The summed E-state index contributed by atoms with van der Waals surface area (Å²) in [7, 11) is 0. The number of amides is 1. The van der Waals surface area contributed by atoms with Gasteiger partial charge in [-0.15, -0.1) is 0 Å². The van der Waals surface area contributed by atoms with Crippen LogP contribution in [0.25, 0.3) is 0 Å². The molecule has 0 aromatic heterocycles. The SMILES string of the molecule is O=C(O)c1cc(F)c(F)cc1C(=O)NC1CCC(O)CC1. The van der Waals surface area contributed by atoms with E-state index in [2.05, 4.69) is 5.32 Å². The first-order chi connectivity index (χ1) is 9.88. The van der Waals surface area contributed by atoms with E-state index in [-0.39, 0.29) is 6.04 Å². The van der Waals surface area contributed by atoms with Gasteiger partial charge >= 0.3 is 5.97 Å². The van der Waals surface area contributed by atoms with Gasteiger partial charge in [0.25, 0.3) is 5.91 Å². The number of carboxylic acid groups (broad SMARTS) is 1. The number of benzene rings is 1. The predicted molar refractivity (Wildman–Crippen MR) is 69.0 cm³/mol. The molecule has 1 aliphatic rings. The summed E-state index contributed by atoms with van der Waals surface area (Å²) in [6, 6.07) is 0.874. The van der Waals surface area contributed by atoms with E-state index in [1.165, 1.54) is 0 Å². The van der Waals surface area contributed by atoms with Crippen LogP contribution in [-0.2, 0) is 0 Å². The Morgan fingerprint density at radius 2 is 1.57 bits per heavy atom. The van der Waals surface area contributed by atoms with Crippen molar-refractivity contribution in [2.24, 2.45) is 0 Å². The fraction of sp³-hybridized carbons (Fsp3) is 0.429. The molecule has 1 aromatic carbocycles. The average Bonchev–Trinajstić information content (AvgIpc) is 2.43. The lowest BCUT2D eigenvalue weighted by atomic mass is 9.93. The number of aliphatic hydroxyl groups excluding tert-OH is 1. The molecule has 21 heavy (non-hydrogen) atoms. The van der Waals surface area contributed by atoms with Crippen molar-refractivity contribution in [1.29, 1.82) is 0 Å². The third-order valence-electron chi connectivity index (χ3n) is 3.57. The first-order valence-corrected chi connectivity index (χ1v) is 6.59. The quantitative estimate of drug-likeness (QED) is 0.793. The van der Waals surface area contributed by atoms with Crippen LogP contribution in [0.3, 0.4) is 0 Å². The molecule has 7 heteroatoms. The number of aromatic carboxylic acids is 1. The van der Waals surface area contributed by atoms with Gasteiger partial charge in [-0.2, -0.15) is 0 Å². The van der Waals surface area contributed by atoms with Gasteiger partial charge in [-0.1, -0.05) is 0 Å². The molecule has 0 atom stereocenters. The average molecular weight is 299 g/mol. The molecule has 3 N–H and O–H groups in total. The largest absolute Gasteiger partial charge is 0.478 e. The van der Waals surface area contributed by atoms with Crippen LogP contribution < -0.4 is 5.32 Å². The highest BCUT2D eigenvalue weighted by Crippen LogP contribution is 2.20. The molecule has 0 spiro atoms. The topological polar surface area (TPSA) is 86.6 Å². The molecule has 0 heterocycles. The van der Waals surface area contributed by atoms with E-state index in [0.29, 0.717) is 37.8 Å². The lowest BCUT2D eigenvalue weighted by molar-refractivity contribution is 0.0688. The molecule has 1 amide bonds. The molecule has 1 aliphatic carbocycles. The Balaban J connectivity index is 2.18. The zero-order valence-electron chi connectivity index (χ0n) is 11.1. The van der Waals surface area contributed by atoms with Crippen LogP contribution in [0.2, 0.25) is 0 Å². The van der Waals surface area contributed by atoms with Crippen molar-refractivity contribution in [1.82, 2.24) is 5.32 Å². The zero-order chi connectivity index (χ0) is 15.6. The van der Waals surface area contributed by atoms with Gasteiger partial charge in [-0.05, 0) is 37.8 Å². The maximum absolute atomic E-state index is 13.2. The summed E-state index contributed by atoms with van der Waals surface area (Å²) in [6.45, 7) is 0. The summed E-state index contributed by atoms with van der Waals surface area (Å²) in [5.74, 6) is -4.85. The number of carbonyl (C=O) groups excluding carboxylic acids is 1. The van der Waals surface area contributed by atoms with E-state index in [1.807, 2.05) is 0 Å². The van der Waals surface area contributed by atoms with Crippen molar-refractivity contribution in [3.05, 3.63) is 34.9 Å². The van der Waals surface area contributed by atoms with Crippen molar-refractivity contribution >= 4 is 11.9 Å². The van der Waals surface area contributed by atoms with Gasteiger partial charge in [-0.25, -0.2) is 13.6 Å². The van der Waals surface area contributed by atoms with Crippen LogP contribution in [0, 0.1) is 11.6 Å². The number of carbonyl (C=O) groups is 2. The van der Waals surface area contributed by atoms with Crippen molar-refractivity contribution in [3.8, 4) is 0 Å². The van der Waals surface area contributed by atoms with Crippen LogP contribution in [0.4, 0.5) is 8.78 Å². The van der Waals surface area contributed by atoms with E-state index < -0.39 is 40.7 Å². The fourth-order valence-electron chi connectivity index (χ4n) is 2.39. The number of aliphatic hydroxyl groups is 1. The second kappa shape index (κ2) is 6.17. The highest BCUT2D eigenvalue weighted by Gasteiger charge is 2.25.